The molecule has 3 rings (SSSR count). The van der Waals surface area contributed by atoms with Crippen molar-refractivity contribution in [1.82, 2.24) is 10.2 Å². The van der Waals surface area contributed by atoms with Gasteiger partial charge in [-0.1, -0.05) is 30.3 Å². The highest BCUT2D eigenvalue weighted by Crippen LogP contribution is 2.22. The summed E-state index contributed by atoms with van der Waals surface area (Å²) >= 11 is 0. The third-order valence-electron chi connectivity index (χ3n) is 4.96. The van der Waals surface area contributed by atoms with Gasteiger partial charge in [-0.3, -0.25) is 14.5 Å². The van der Waals surface area contributed by atoms with Crippen molar-refractivity contribution in [2.75, 3.05) is 20.1 Å². The molecule has 1 aromatic carbocycles. The highest BCUT2D eigenvalue weighted by molar-refractivity contribution is 5.91. The molecule has 1 fully saturated rings. The number of Topliss-reactive ketones (excluding diaryl/α,β-unsaturated/α-hetero) is 1. The molecule has 138 valence electrons. The summed E-state index contributed by atoms with van der Waals surface area (Å²) in [5.41, 5.74) is 1.21. The zero-order chi connectivity index (χ0) is 18.4. The van der Waals surface area contributed by atoms with Crippen LogP contribution in [0.4, 0.5) is 0 Å². The summed E-state index contributed by atoms with van der Waals surface area (Å²) < 4.78 is 5.60. The van der Waals surface area contributed by atoms with E-state index in [0.717, 1.165) is 38.1 Å². The van der Waals surface area contributed by atoms with Gasteiger partial charge in [-0.25, -0.2) is 0 Å². The lowest BCUT2D eigenvalue weighted by Gasteiger charge is -2.31. The molecule has 1 atom stereocenters. The molecule has 0 unspecified atom stereocenters. The zero-order valence-electron chi connectivity index (χ0n) is 15.2. The number of carbonyl (C=O) groups excluding carboxylic acids is 2. The van der Waals surface area contributed by atoms with Crippen LogP contribution < -0.4 is 5.32 Å². The fourth-order valence-electron chi connectivity index (χ4n) is 3.51. The van der Waals surface area contributed by atoms with Crippen LogP contribution in [0.25, 0.3) is 0 Å². The number of likely N-dealkylation sites (tertiary alicyclic amines) is 1. The SMILES string of the molecule is CNC(=O)c1ccc(CN2CCC[C@@H](C(=O)CCc3ccccc3)C2)o1. The number of ketones is 1. The number of hydrogen-bond donors (Lipinski definition) is 1. The lowest BCUT2D eigenvalue weighted by atomic mass is 9.90. The number of hydrogen-bond acceptors (Lipinski definition) is 4. The Kier molecular flexibility index (Phi) is 6.23. The van der Waals surface area contributed by atoms with Crippen molar-refractivity contribution in [3.05, 3.63) is 59.5 Å². The molecule has 0 bridgehead atoms. The van der Waals surface area contributed by atoms with E-state index in [1.54, 1.807) is 13.1 Å². The second-order valence-corrected chi connectivity index (χ2v) is 6.87. The Bertz CT molecular complexity index is 739. The number of carbonyl (C=O) groups is 2. The summed E-state index contributed by atoms with van der Waals surface area (Å²) in [7, 11) is 1.58. The molecule has 0 saturated carbocycles. The summed E-state index contributed by atoms with van der Waals surface area (Å²) in [6.45, 7) is 2.36. The number of rotatable bonds is 7. The normalized spacial score (nSPS) is 17.8. The van der Waals surface area contributed by atoms with E-state index in [-0.39, 0.29) is 11.8 Å². The van der Waals surface area contributed by atoms with Crippen LogP contribution in [0.15, 0.2) is 46.9 Å². The van der Waals surface area contributed by atoms with Crippen molar-refractivity contribution in [1.29, 1.82) is 0 Å². The molecule has 0 aliphatic carbocycles. The van der Waals surface area contributed by atoms with Crippen molar-refractivity contribution in [3.8, 4) is 0 Å². The molecule has 1 saturated heterocycles. The first-order valence-corrected chi connectivity index (χ1v) is 9.25. The first kappa shape index (κ1) is 18.4. The molecule has 5 heteroatoms. The van der Waals surface area contributed by atoms with Crippen molar-refractivity contribution in [2.45, 2.75) is 32.2 Å². The minimum Gasteiger partial charge on any atom is -0.455 e. The Morgan fingerprint density at radius 2 is 2.00 bits per heavy atom. The van der Waals surface area contributed by atoms with Crippen LogP contribution in [-0.4, -0.2) is 36.7 Å². The van der Waals surface area contributed by atoms with Gasteiger partial charge in [-0.15, -0.1) is 0 Å². The predicted octanol–water partition coefficient (Wildman–Crippen LogP) is 3.05. The Hall–Kier alpha value is -2.40. The number of furan rings is 1. The monoisotopic (exact) mass is 354 g/mol. The topological polar surface area (TPSA) is 62.6 Å². The van der Waals surface area contributed by atoms with E-state index in [9.17, 15) is 9.59 Å². The van der Waals surface area contributed by atoms with Gasteiger partial charge in [-0.2, -0.15) is 0 Å². The molecule has 26 heavy (non-hydrogen) atoms. The second kappa shape index (κ2) is 8.81. The average molecular weight is 354 g/mol. The van der Waals surface area contributed by atoms with Gasteiger partial charge < -0.3 is 9.73 Å². The number of nitrogens with zero attached hydrogens (tertiary/aromatic N) is 1. The molecular formula is C21H26N2O3. The minimum atomic E-state index is -0.219. The highest BCUT2D eigenvalue weighted by Gasteiger charge is 2.26. The fraction of sp³-hybridized carbons (Fsp3) is 0.429. The van der Waals surface area contributed by atoms with Crippen LogP contribution in [0.1, 0.15) is 41.1 Å². The smallest absolute Gasteiger partial charge is 0.286 e. The van der Waals surface area contributed by atoms with E-state index in [4.69, 9.17) is 4.42 Å². The zero-order valence-corrected chi connectivity index (χ0v) is 15.2. The van der Waals surface area contributed by atoms with E-state index < -0.39 is 0 Å². The summed E-state index contributed by atoms with van der Waals surface area (Å²) in [5.74, 6) is 1.32. The number of aryl methyl sites for hydroxylation is 1. The van der Waals surface area contributed by atoms with Gasteiger partial charge in [0.2, 0.25) is 0 Å². The quantitative estimate of drug-likeness (QED) is 0.830. The maximum absolute atomic E-state index is 12.6. The van der Waals surface area contributed by atoms with Crippen LogP contribution in [0, 0.1) is 5.92 Å². The van der Waals surface area contributed by atoms with E-state index in [2.05, 4.69) is 22.3 Å². The number of amides is 1. The van der Waals surface area contributed by atoms with Crippen LogP contribution in [0.2, 0.25) is 0 Å². The van der Waals surface area contributed by atoms with Gasteiger partial charge in [0.25, 0.3) is 5.91 Å². The predicted molar refractivity (Wildman–Crippen MR) is 99.9 cm³/mol. The number of nitrogens with one attached hydrogen (secondary N) is 1. The molecule has 1 amide bonds. The second-order valence-electron chi connectivity index (χ2n) is 6.87. The van der Waals surface area contributed by atoms with Crippen LogP contribution in [0.5, 0.6) is 0 Å². The first-order valence-electron chi connectivity index (χ1n) is 9.25. The molecule has 0 radical (unpaired) electrons. The summed E-state index contributed by atoms with van der Waals surface area (Å²) in [6.07, 6.45) is 3.39. The maximum atomic E-state index is 12.6. The maximum Gasteiger partial charge on any atom is 0.286 e. The summed E-state index contributed by atoms with van der Waals surface area (Å²) in [6, 6.07) is 13.7. The van der Waals surface area contributed by atoms with E-state index in [0.29, 0.717) is 24.5 Å². The third kappa shape index (κ3) is 4.82. The van der Waals surface area contributed by atoms with Gasteiger partial charge in [0.15, 0.2) is 5.76 Å². The standard InChI is InChI=1S/C21H26N2O3/c1-22-21(25)20-12-10-18(26-20)15-23-13-5-8-17(14-23)19(24)11-9-16-6-3-2-4-7-16/h2-4,6-7,10,12,17H,5,8-9,11,13-15H2,1H3,(H,22,25)/t17-/m1/s1. The van der Waals surface area contributed by atoms with Crippen molar-refractivity contribution >= 4 is 11.7 Å². The van der Waals surface area contributed by atoms with E-state index in [1.807, 2.05) is 24.3 Å². The van der Waals surface area contributed by atoms with Crippen molar-refractivity contribution < 1.29 is 14.0 Å². The highest BCUT2D eigenvalue weighted by atomic mass is 16.4. The number of benzene rings is 1. The van der Waals surface area contributed by atoms with Gasteiger partial charge in [-0.05, 0) is 43.5 Å². The van der Waals surface area contributed by atoms with Crippen molar-refractivity contribution in [3.63, 3.8) is 0 Å². The van der Waals surface area contributed by atoms with Crippen LogP contribution in [0.3, 0.4) is 0 Å². The lowest BCUT2D eigenvalue weighted by Crippen LogP contribution is -2.38. The van der Waals surface area contributed by atoms with Crippen molar-refractivity contribution in [2.24, 2.45) is 5.92 Å². The summed E-state index contributed by atoms with van der Waals surface area (Å²) in [4.78, 5) is 26.4. The molecule has 1 N–H and O–H groups in total. The van der Waals surface area contributed by atoms with Crippen LogP contribution in [-0.2, 0) is 17.8 Å². The van der Waals surface area contributed by atoms with Gasteiger partial charge >= 0.3 is 0 Å². The molecule has 5 nitrogen and oxygen atoms in total. The largest absolute Gasteiger partial charge is 0.455 e. The van der Waals surface area contributed by atoms with Crippen LogP contribution >= 0.6 is 0 Å². The first-order chi connectivity index (χ1) is 12.7. The lowest BCUT2D eigenvalue weighted by molar-refractivity contribution is -0.124. The summed E-state index contributed by atoms with van der Waals surface area (Å²) in [5, 5.41) is 2.56. The van der Waals surface area contributed by atoms with E-state index in [1.165, 1.54) is 5.56 Å². The minimum absolute atomic E-state index is 0.0980. The molecular weight excluding hydrogens is 328 g/mol. The molecule has 1 aromatic heterocycles. The molecule has 0 spiro atoms. The van der Waals surface area contributed by atoms with Gasteiger partial charge in [0, 0.05) is 25.9 Å². The molecule has 1 aliphatic rings. The molecule has 2 aromatic rings. The fourth-order valence-corrected chi connectivity index (χ4v) is 3.51. The molecule has 1 aliphatic heterocycles. The Morgan fingerprint density at radius 1 is 1.19 bits per heavy atom. The Balaban J connectivity index is 1.51. The molecule has 2 heterocycles. The Morgan fingerprint density at radius 3 is 2.77 bits per heavy atom. The van der Waals surface area contributed by atoms with E-state index >= 15 is 0 Å². The Labute approximate surface area is 154 Å². The third-order valence-corrected chi connectivity index (χ3v) is 4.96. The number of piperidine rings is 1. The van der Waals surface area contributed by atoms with Gasteiger partial charge in [0.1, 0.15) is 11.5 Å². The average Bonchev–Trinajstić information content (AvgIpc) is 3.15. The van der Waals surface area contributed by atoms with Gasteiger partial charge in [0.05, 0.1) is 6.54 Å².